The van der Waals surface area contributed by atoms with Gasteiger partial charge in [-0.3, -0.25) is 43.3 Å². The number of guanidine groups is 1. The zero-order valence-electron chi connectivity index (χ0n) is 45.0. The summed E-state index contributed by atoms with van der Waals surface area (Å²) in [4.78, 5) is 155. The molecule has 13 atom stereocenters. The molecule has 0 bridgehead atoms. The fourth-order valence-corrected chi connectivity index (χ4v) is 9.37. The Labute approximate surface area is 456 Å². The number of carboxylic acids is 2. The molecule has 0 radical (unpaired) electrons. The molecular weight excluding hydrogens is 1050 g/mol. The molecular formula is C49H81N11O19. The number of amides is 8. The van der Waals surface area contributed by atoms with Gasteiger partial charge in [0, 0.05) is 19.6 Å². The van der Waals surface area contributed by atoms with E-state index >= 15 is 0 Å². The van der Waals surface area contributed by atoms with Gasteiger partial charge >= 0.3 is 17.9 Å². The minimum Gasteiger partial charge on any atom is -0.479 e. The first-order valence-electron chi connectivity index (χ1n) is 26.7. The zero-order valence-corrected chi connectivity index (χ0v) is 45.0. The number of cyclic esters (lactones) is 1. The van der Waals surface area contributed by atoms with Gasteiger partial charge in [0.25, 0.3) is 0 Å². The molecule has 0 spiro atoms. The maximum Gasteiger partial charge on any atom is 0.335 e. The van der Waals surface area contributed by atoms with Crippen LogP contribution in [0.15, 0.2) is 4.99 Å². The summed E-state index contributed by atoms with van der Waals surface area (Å²) < 4.78 is 5.60. The van der Waals surface area contributed by atoms with Crippen LogP contribution in [0.5, 0.6) is 0 Å². The summed E-state index contributed by atoms with van der Waals surface area (Å²) in [6.07, 6.45) is -4.92. The Morgan fingerprint density at radius 1 is 0.658 bits per heavy atom. The van der Waals surface area contributed by atoms with Gasteiger partial charge in [-0.1, -0.05) is 58.8 Å². The maximum absolute atomic E-state index is 14.1. The average Bonchev–Trinajstić information content (AvgIpc) is 4.05. The van der Waals surface area contributed by atoms with Gasteiger partial charge in [0.05, 0.1) is 25.2 Å². The highest BCUT2D eigenvalue weighted by Crippen LogP contribution is 2.23. The molecule has 0 saturated carbocycles. The average molecular weight is 1130 g/mol. The van der Waals surface area contributed by atoms with E-state index in [1.54, 1.807) is 0 Å². The van der Waals surface area contributed by atoms with Crippen LogP contribution in [0, 0.1) is 5.92 Å². The van der Waals surface area contributed by atoms with E-state index in [0.29, 0.717) is 23.7 Å². The summed E-state index contributed by atoms with van der Waals surface area (Å²) in [5.74, 6) is -15.0. The number of fused-ring (bicyclic) bond motifs is 2. The van der Waals surface area contributed by atoms with Crippen LogP contribution in [-0.2, 0) is 57.5 Å². The van der Waals surface area contributed by atoms with E-state index in [1.807, 2.05) is 16.0 Å². The number of carboxylic acid groups (broad SMARTS) is 2. The number of aliphatic hydroxyl groups is 5. The van der Waals surface area contributed by atoms with Crippen LogP contribution in [0.1, 0.15) is 124 Å². The van der Waals surface area contributed by atoms with Crippen molar-refractivity contribution in [3.63, 3.8) is 0 Å². The molecule has 8 amide bonds. The number of rotatable bonds is 20. The second-order valence-corrected chi connectivity index (χ2v) is 20.5. The van der Waals surface area contributed by atoms with Crippen LogP contribution in [0.25, 0.3) is 0 Å². The van der Waals surface area contributed by atoms with Crippen LogP contribution < -0.4 is 43.4 Å². The van der Waals surface area contributed by atoms with Crippen molar-refractivity contribution in [2.24, 2.45) is 22.4 Å². The molecule has 3 rings (SSSR count). The van der Waals surface area contributed by atoms with Gasteiger partial charge in [0.2, 0.25) is 47.3 Å². The number of aliphatic imine (C=N–C) groups is 1. The topological polar surface area (TPSA) is 482 Å². The van der Waals surface area contributed by atoms with Crippen molar-refractivity contribution in [3.8, 4) is 0 Å². The number of hydrogen-bond donors (Lipinski definition) is 15. The van der Waals surface area contributed by atoms with Gasteiger partial charge in [0.1, 0.15) is 48.4 Å². The van der Waals surface area contributed by atoms with Crippen molar-refractivity contribution in [1.29, 1.82) is 0 Å². The SMILES string of the molecule is CC(C)CCCCCCCCC[C@@H]1CC(=O)N[C@H]([C@H](C)O)C(=O)N[C@@H](C)C(=O)N2CCC[C@H]2C(=O)N[C@@H](CCCN=C(N)N)C(=O)N[C@H]([C@@H](O)C(=O)O)C(=O)N[C@H](CO)C(=O)N2CC[C@H](O)[C@H]2C(=O)N[C@@H]([C@H](O)C(=O)O)C(=O)O1. The van der Waals surface area contributed by atoms with E-state index < -0.39 is 164 Å². The lowest BCUT2D eigenvalue weighted by molar-refractivity contribution is -0.165. The molecule has 3 aliphatic rings. The number of ether oxygens (including phenoxy) is 1. The lowest BCUT2D eigenvalue weighted by atomic mass is 10.0. The molecule has 0 aromatic heterocycles. The molecule has 79 heavy (non-hydrogen) atoms. The Bertz CT molecular complexity index is 2180. The zero-order chi connectivity index (χ0) is 59.3. The fraction of sp³-hybridized carbons (Fsp3) is 0.755. The highest BCUT2D eigenvalue weighted by atomic mass is 16.5. The Morgan fingerprint density at radius 2 is 1.24 bits per heavy atom. The van der Waals surface area contributed by atoms with E-state index in [0.717, 1.165) is 50.3 Å². The van der Waals surface area contributed by atoms with E-state index in [2.05, 4.69) is 34.8 Å². The van der Waals surface area contributed by atoms with Gasteiger partial charge in [-0.25, -0.2) is 14.4 Å². The number of hydrogen-bond acceptors (Lipinski definition) is 18. The molecule has 17 N–H and O–H groups in total. The van der Waals surface area contributed by atoms with Gasteiger partial charge in [-0.2, -0.15) is 0 Å². The fourth-order valence-electron chi connectivity index (χ4n) is 9.37. The van der Waals surface area contributed by atoms with E-state index in [9.17, 15) is 88.5 Å². The molecule has 30 heteroatoms. The number of aliphatic hydroxyl groups excluding tert-OH is 5. The second-order valence-electron chi connectivity index (χ2n) is 20.5. The second kappa shape index (κ2) is 32.3. The monoisotopic (exact) mass is 1130 g/mol. The number of carbonyl (C=O) groups is 11. The van der Waals surface area contributed by atoms with E-state index in [4.69, 9.17) is 16.2 Å². The molecule has 3 saturated heterocycles. The molecule has 0 aliphatic carbocycles. The summed E-state index contributed by atoms with van der Waals surface area (Å²) in [6.45, 7) is 4.75. The number of esters is 1. The third-order valence-corrected chi connectivity index (χ3v) is 13.7. The Kier molecular flexibility index (Phi) is 27.2. The Morgan fingerprint density at radius 3 is 1.84 bits per heavy atom. The molecule has 30 nitrogen and oxygen atoms in total. The van der Waals surface area contributed by atoms with Crippen molar-refractivity contribution >= 4 is 71.1 Å². The predicted octanol–water partition coefficient (Wildman–Crippen LogP) is -5.33. The van der Waals surface area contributed by atoms with Crippen molar-refractivity contribution < 1.29 is 93.2 Å². The smallest absolute Gasteiger partial charge is 0.335 e. The summed E-state index contributed by atoms with van der Waals surface area (Å²) >= 11 is 0. The first-order chi connectivity index (χ1) is 37.2. The number of aliphatic carboxylic acids is 2. The molecule has 0 unspecified atom stereocenters. The predicted molar refractivity (Wildman–Crippen MR) is 275 cm³/mol. The standard InChI is InChI=1S/C49H81N11O19/c1-24(2)14-10-8-6-5-7-9-11-15-27-22-32(64)56-33(26(4)62)41(69)53-25(3)44(72)59-20-13-17-30(59)40(68)54-28(16-12-19-52-49(50)51)39(67)57-34(37(65)46(74)75)42(70)55-29(23-61)45(73)60-21-18-31(63)36(60)43(71)58-35(48(78)79-27)38(66)47(76)77/h24-31,33-38,61-63,65-66H,5-23H2,1-4H3,(H,53,69)(H,54,68)(H,55,70)(H,56,64)(H,57,67)(H,58,71)(H,74,75)(H,76,77)(H4,50,51,52)/t25-,26-,27+,28-,29+,30-,31-,33+,34+,35-,36-,37+,38-/m0/s1. The molecule has 3 aliphatic heterocycles. The number of nitrogens with two attached hydrogens (primary N) is 2. The lowest BCUT2D eigenvalue weighted by Gasteiger charge is -2.32. The highest BCUT2D eigenvalue weighted by molar-refractivity contribution is 6.00. The van der Waals surface area contributed by atoms with E-state index in [-0.39, 0.29) is 57.6 Å². The van der Waals surface area contributed by atoms with Crippen molar-refractivity contribution in [3.05, 3.63) is 0 Å². The number of nitrogens with zero attached hydrogens (tertiary/aromatic N) is 3. The molecule has 0 aromatic carbocycles. The van der Waals surface area contributed by atoms with Crippen LogP contribution in [0.3, 0.4) is 0 Å². The molecule has 3 fully saturated rings. The Balaban J connectivity index is 2.11. The van der Waals surface area contributed by atoms with Gasteiger partial charge in [0.15, 0.2) is 24.2 Å². The quantitative estimate of drug-likeness (QED) is 0.0234. The van der Waals surface area contributed by atoms with Crippen LogP contribution in [-0.4, -0.2) is 222 Å². The lowest BCUT2D eigenvalue weighted by Crippen LogP contribution is -2.64. The number of unbranched alkanes of at least 4 members (excludes halogenated alkanes) is 6. The van der Waals surface area contributed by atoms with Gasteiger partial charge in [-0.05, 0) is 64.7 Å². The first kappa shape index (κ1) is 66.5. The Hall–Kier alpha value is -6.76. The first-order valence-corrected chi connectivity index (χ1v) is 26.7. The van der Waals surface area contributed by atoms with Crippen molar-refractivity contribution in [2.75, 3.05) is 26.2 Å². The van der Waals surface area contributed by atoms with Crippen molar-refractivity contribution in [2.45, 2.75) is 203 Å². The normalized spacial score (nSPS) is 27.8. The molecule has 0 aromatic rings. The maximum atomic E-state index is 14.1. The third-order valence-electron chi connectivity index (χ3n) is 13.7. The minimum atomic E-state index is -2.77. The molecule has 446 valence electrons. The largest absolute Gasteiger partial charge is 0.479 e. The van der Waals surface area contributed by atoms with Crippen LogP contribution >= 0.6 is 0 Å². The summed E-state index contributed by atoms with van der Waals surface area (Å²) in [5.41, 5.74) is 10.8. The summed E-state index contributed by atoms with van der Waals surface area (Å²) in [6, 6.07) is -15.3. The minimum absolute atomic E-state index is 0.0308. The van der Waals surface area contributed by atoms with Crippen molar-refractivity contribution in [1.82, 2.24) is 41.7 Å². The number of carbonyl (C=O) groups excluding carboxylic acids is 9. The summed E-state index contributed by atoms with van der Waals surface area (Å²) in [5, 5.41) is 86.5. The van der Waals surface area contributed by atoms with Gasteiger partial charge in [-0.15, -0.1) is 0 Å². The summed E-state index contributed by atoms with van der Waals surface area (Å²) in [7, 11) is 0. The number of nitrogens with one attached hydrogen (secondary N) is 6. The highest BCUT2D eigenvalue weighted by Gasteiger charge is 2.47. The van der Waals surface area contributed by atoms with Crippen LogP contribution in [0.4, 0.5) is 0 Å². The van der Waals surface area contributed by atoms with Crippen LogP contribution in [0.2, 0.25) is 0 Å². The molecule has 3 heterocycles. The third kappa shape index (κ3) is 20.4. The van der Waals surface area contributed by atoms with E-state index in [1.165, 1.54) is 6.92 Å². The van der Waals surface area contributed by atoms with Gasteiger partial charge < -0.3 is 93.7 Å².